The number of carboxylic acid groups (broad SMARTS) is 1. The number of fused-ring (bicyclic) bond motifs is 3. The number of aliphatic carboxylic acids is 1. The van der Waals surface area contributed by atoms with Gasteiger partial charge in [0.1, 0.15) is 12.6 Å². The third kappa shape index (κ3) is 4.53. The molecule has 0 aliphatic heterocycles. The molecule has 0 unspecified atom stereocenters. The van der Waals surface area contributed by atoms with E-state index < -0.39 is 29.8 Å². The predicted molar refractivity (Wildman–Crippen MR) is 113 cm³/mol. The minimum absolute atomic E-state index is 0.0419. The first-order chi connectivity index (χ1) is 14.3. The second-order valence-corrected chi connectivity index (χ2v) is 8.03. The lowest BCUT2D eigenvalue weighted by Crippen LogP contribution is -2.43. The van der Waals surface area contributed by atoms with Crippen LogP contribution in [0.5, 0.6) is 0 Å². The van der Waals surface area contributed by atoms with Crippen LogP contribution >= 0.6 is 0 Å². The lowest BCUT2D eigenvalue weighted by atomic mass is 9.91. The lowest BCUT2D eigenvalue weighted by molar-refractivity contribution is -0.148. The highest BCUT2D eigenvalue weighted by molar-refractivity contribution is 5.87. The first-order valence-corrected chi connectivity index (χ1v) is 10.2. The maximum atomic E-state index is 12.5. The number of benzene rings is 2. The lowest BCUT2D eigenvalue weighted by Gasteiger charge is -2.21. The fourth-order valence-corrected chi connectivity index (χ4v) is 3.87. The Morgan fingerprint density at radius 1 is 0.967 bits per heavy atom. The monoisotopic (exact) mass is 409 g/mol. The summed E-state index contributed by atoms with van der Waals surface area (Å²) in [7, 11) is 0. The molecule has 1 aliphatic carbocycles. The van der Waals surface area contributed by atoms with Crippen molar-refractivity contribution >= 4 is 17.8 Å². The van der Waals surface area contributed by atoms with Gasteiger partial charge in [-0.2, -0.15) is 0 Å². The van der Waals surface area contributed by atoms with Crippen molar-refractivity contribution in [2.24, 2.45) is 11.8 Å². The number of ether oxygens (including phenoxy) is 1. The summed E-state index contributed by atoms with van der Waals surface area (Å²) >= 11 is 0. The minimum atomic E-state index is -1.12. The molecule has 6 heteroatoms. The maximum Gasteiger partial charge on any atom is 0.325 e. The van der Waals surface area contributed by atoms with Crippen molar-refractivity contribution in [2.45, 2.75) is 39.2 Å². The van der Waals surface area contributed by atoms with E-state index in [4.69, 9.17) is 9.84 Å². The molecule has 0 radical (unpaired) electrons. The smallest absolute Gasteiger partial charge is 0.325 e. The van der Waals surface area contributed by atoms with Crippen molar-refractivity contribution in [3.8, 4) is 11.1 Å². The van der Waals surface area contributed by atoms with Gasteiger partial charge in [0.2, 0.25) is 5.91 Å². The van der Waals surface area contributed by atoms with Gasteiger partial charge in [0, 0.05) is 5.92 Å². The second-order valence-electron chi connectivity index (χ2n) is 8.03. The van der Waals surface area contributed by atoms with Crippen LogP contribution in [0.1, 0.15) is 44.2 Å². The van der Waals surface area contributed by atoms with Gasteiger partial charge < -0.3 is 15.2 Å². The van der Waals surface area contributed by atoms with Crippen LogP contribution in [0.4, 0.5) is 0 Å². The van der Waals surface area contributed by atoms with E-state index in [-0.39, 0.29) is 24.9 Å². The van der Waals surface area contributed by atoms with Crippen LogP contribution in [0.3, 0.4) is 0 Å². The van der Waals surface area contributed by atoms with Crippen LogP contribution in [0, 0.1) is 11.8 Å². The van der Waals surface area contributed by atoms with Crippen molar-refractivity contribution < 1.29 is 24.2 Å². The van der Waals surface area contributed by atoms with Crippen molar-refractivity contribution in [1.82, 2.24) is 5.32 Å². The fourth-order valence-electron chi connectivity index (χ4n) is 3.87. The molecule has 0 spiro atoms. The van der Waals surface area contributed by atoms with Crippen molar-refractivity contribution in [3.63, 3.8) is 0 Å². The number of hydrogen-bond acceptors (Lipinski definition) is 4. The van der Waals surface area contributed by atoms with Crippen LogP contribution in [0.2, 0.25) is 0 Å². The standard InChI is InChI=1S/C24H27NO5/c1-14(2)20(23(27)25-15(3)24(28)29)12-22(26)30-13-21-18-10-6-4-8-16(18)17-9-5-7-11-19(17)21/h4-11,14-15,20-21H,12-13H2,1-3H3,(H,25,27)(H,28,29)/t15-,20-/m0/s1. The third-order valence-electron chi connectivity index (χ3n) is 5.63. The summed E-state index contributed by atoms with van der Waals surface area (Å²) in [5.74, 6) is -2.86. The molecule has 2 aromatic carbocycles. The van der Waals surface area contributed by atoms with E-state index >= 15 is 0 Å². The molecule has 0 aromatic heterocycles. The molecule has 3 rings (SSSR count). The Bertz CT molecular complexity index is 907. The summed E-state index contributed by atoms with van der Waals surface area (Å²) in [6.07, 6.45) is -0.0914. The average Bonchev–Trinajstić information content (AvgIpc) is 3.04. The van der Waals surface area contributed by atoms with Crippen LogP contribution in [-0.4, -0.2) is 35.6 Å². The van der Waals surface area contributed by atoms with E-state index in [1.807, 2.05) is 50.2 Å². The zero-order chi connectivity index (χ0) is 21.8. The Kier molecular flexibility index (Phi) is 6.55. The van der Waals surface area contributed by atoms with Gasteiger partial charge in [0.25, 0.3) is 0 Å². The summed E-state index contributed by atoms with van der Waals surface area (Å²) in [6.45, 7) is 5.24. The molecule has 158 valence electrons. The molecule has 0 saturated heterocycles. The molecule has 2 atom stereocenters. The van der Waals surface area contributed by atoms with Gasteiger partial charge in [-0.25, -0.2) is 0 Å². The summed E-state index contributed by atoms with van der Waals surface area (Å²) in [5, 5.41) is 11.4. The molecule has 0 saturated carbocycles. The first kappa shape index (κ1) is 21.6. The Labute approximate surface area is 176 Å². The van der Waals surface area contributed by atoms with Crippen molar-refractivity contribution in [2.75, 3.05) is 6.61 Å². The first-order valence-electron chi connectivity index (χ1n) is 10.2. The second kappa shape index (κ2) is 9.11. The summed E-state index contributed by atoms with van der Waals surface area (Å²) in [4.78, 5) is 36.0. The largest absolute Gasteiger partial charge is 0.480 e. The topological polar surface area (TPSA) is 92.7 Å². The highest BCUT2D eigenvalue weighted by Gasteiger charge is 2.31. The van der Waals surface area contributed by atoms with E-state index in [0.717, 1.165) is 22.3 Å². The molecule has 2 aromatic rings. The number of hydrogen-bond donors (Lipinski definition) is 2. The Morgan fingerprint density at radius 3 is 2.00 bits per heavy atom. The highest BCUT2D eigenvalue weighted by atomic mass is 16.5. The highest BCUT2D eigenvalue weighted by Crippen LogP contribution is 2.44. The van der Waals surface area contributed by atoms with Gasteiger partial charge in [0.15, 0.2) is 0 Å². The molecule has 1 aliphatic rings. The molecular formula is C24H27NO5. The molecule has 6 nitrogen and oxygen atoms in total. The average molecular weight is 409 g/mol. The molecule has 2 N–H and O–H groups in total. The molecular weight excluding hydrogens is 382 g/mol. The van der Waals surface area contributed by atoms with Gasteiger partial charge in [-0.3, -0.25) is 14.4 Å². The fraction of sp³-hybridized carbons (Fsp3) is 0.375. The number of amides is 1. The SMILES string of the molecule is CC(C)[C@H](CC(=O)OCC1c2ccccc2-c2ccccc21)C(=O)N[C@@H](C)C(=O)O. The summed E-state index contributed by atoms with van der Waals surface area (Å²) in [6, 6.07) is 15.2. The number of nitrogens with one attached hydrogen (secondary N) is 1. The van der Waals surface area contributed by atoms with Crippen molar-refractivity contribution in [1.29, 1.82) is 0 Å². The molecule has 1 amide bonds. The van der Waals surface area contributed by atoms with Gasteiger partial charge >= 0.3 is 11.9 Å². The number of esters is 1. The Morgan fingerprint density at radius 2 is 1.50 bits per heavy atom. The summed E-state index contributed by atoms with van der Waals surface area (Å²) < 4.78 is 5.59. The van der Waals surface area contributed by atoms with Crippen molar-refractivity contribution in [3.05, 3.63) is 59.7 Å². The van der Waals surface area contributed by atoms with Gasteiger partial charge in [-0.15, -0.1) is 0 Å². The van der Waals surface area contributed by atoms with E-state index in [0.29, 0.717) is 0 Å². The van der Waals surface area contributed by atoms with Crippen LogP contribution in [0.15, 0.2) is 48.5 Å². The quantitative estimate of drug-likeness (QED) is 0.650. The summed E-state index contributed by atoms with van der Waals surface area (Å²) in [5.41, 5.74) is 4.55. The van der Waals surface area contributed by atoms with Crippen LogP contribution in [-0.2, 0) is 19.1 Å². The normalized spacial score (nSPS) is 14.5. The van der Waals surface area contributed by atoms with Crippen LogP contribution < -0.4 is 5.32 Å². The minimum Gasteiger partial charge on any atom is -0.480 e. The number of carbonyl (C=O) groups is 3. The van der Waals surface area contributed by atoms with E-state index in [2.05, 4.69) is 17.4 Å². The number of carbonyl (C=O) groups excluding carboxylic acids is 2. The maximum absolute atomic E-state index is 12.5. The Balaban J connectivity index is 1.66. The number of rotatable bonds is 8. The molecule has 0 fully saturated rings. The van der Waals surface area contributed by atoms with Gasteiger partial charge in [-0.05, 0) is 35.1 Å². The molecule has 0 heterocycles. The van der Waals surface area contributed by atoms with E-state index in [9.17, 15) is 14.4 Å². The predicted octanol–water partition coefficient (Wildman–Crippen LogP) is 3.59. The van der Waals surface area contributed by atoms with Crippen LogP contribution in [0.25, 0.3) is 11.1 Å². The molecule has 30 heavy (non-hydrogen) atoms. The van der Waals surface area contributed by atoms with Gasteiger partial charge in [0.05, 0.1) is 12.3 Å². The Hall–Kier alpha value is -3.15. The van der Waals surface area contributed by atoms with E-state index in [1.54, 1.807) is 0 Å². The number of carboxylic acids is 1. The van der Waals surface area contributed by atoms with Gasteiger partial charge in [-0.1, -0.05) is 62.4 Å². The van der Waals surface area contributed by atoms with E-state index in [1.165, 1.54) is 6.92 Å². The molecule has 0 bridgehead atoms. The zero-order valence-electron chi connectivity index (χ0n) is 17.4. The zero-order valence-corrected chi connectivity index (χ0v) is 17.4. The third-order valence-corrected chi connectivity index (χ3v) is 5.63.